The monoisotopic (exact) mass is 243 g/mol. The molecule has 1 unspecified atom stereocenters. The van der Waals surface area contributed by atoms with E-state index >= 15 is 0 Å². The molecule has 2 N–H and O–H groups in total. The number of benzene rings is 1. The number of hydrogen-bond donors (Lipinski definition) is 1. The summed E-state index contributed by atoms with van der Waals surface area (Å²) >= 11 is 0. The van der Waals surface area contributed by atoms with Crippen molar-refractivity contribution in [2.75, 3.05) is 0 Å². The molecule has 2 aromatic rings. The molecule has 0 aliphatic heterocycles. The summed E-state index contributed by atoms with van der Waals surface area (Å²) in [5.74, 6) is 1.85. The molecule has 1 heterocycles. The Labute approximate surface area is 109 Å². The molecule has 2 heteroatoms. The largest absolute Gasteiger partial charge is 0.464 e. The van der Waals surface area contributed by atoms with Gasteiger partial charge in [-0.15, -0.1) is 0 Å². The van der Waals surface area contributed by atoms with Crippen molar-refractivity contribution in [3.05, 3.63) is 59.5 Å². The lowest BCUT2D eigenvalue weighted by molar-refractivity contribution is 0.343. The van der Waals surface area contributed by atoms with Crippen LogP contribution in [-0.2, 0) is 11.8 Å². The molecular weight excluding hydrogens is 222 g/mol. The van der Waals surface area contributed by atoms with Crippen LogP contribution in [0.3, 0.4) is 0 Å². The van der Waals surface area contributed by atoms with Crippen LogP contribution in [0.4, 0.5) is 0 Å². The van der Waals surface area contributed by atoms with E-state index in [9.17, 15) is 0 Å². The topological polar surface area (TPSA) is 39.2 Å². The lowest BCUT2D eigenvalue weighted by Gasteiger charge is -2.30. The van der Waals surface area contributed by atoms with Gasteiger partial charge in [0.25, 0.3) is 0 Å². The molecule has 2 rings (SSSR count). The Morgan fingerprint density at radius 3 is 2.33 bits per heavy atom. The highest BCUT2D eigenvalue weighted by Gasteiger charge is 2.31. The summed E-state index contributed by atoms with van der Waals surface area (Å²) in [6.07, 6.45) is 0.901. The first-order chi connectivity index (χ1) is 8.55. The van der Waals surface area contributed by atoms with Crippen LogP contribution in [0.1, 0.15) is 43.9 Å². The standard InChI is InChI=1S/C16H21NO/c1-4-13-10-11-14(18-13)15(17)16(2,3)12-8-6-5-7-9-12/h5-11,15H,4,17H2,1-3H3. The van der Waals surface area contributed by atoms with Crippen LogP contribution < -0.4 is 5.73 Å². The smallest absolute Gasteiger partial charge is 0.121 e. The Kier molecular flexibility index (Phi) is 3.58. The predicted octanol–water partition coefficient (Wildman–Crippen LogP) is 3.82. The Hall–Kier alpha value is -1.54. The molecule has 18 heavy (non-hydrogen) atoms. The minimum Gasteiger partial charge on any atom is -0.464 e. The van der Waals surface area contributed by atoms with Gasteiger partial charge < -0.3 is 10.2 Å². The summed E-state index contributed by atoms with van der Waals surface area (Å²) in [5, 5.41) is 0. The molecule has 96 valence electrons. The Morgan fingerprint density at radius 2 is 1.78 bits per heavy atom. The van der Waals surface area contributed by atoms with Gasteiger partial charge in [0, 0.05) is 11.8 Å². The number of furan rings is 1. The Balaban J connectivity index is 2.29. The summed E-state index contributed by atoms with van der Waals surface area (Å²) in [6, 6.07) is 14.2. The van der Waals surface area contributed by atoms with Gasteiger partial charge in [0.15, 0.2) is 0 Å². The average Bonchev–Trinajstić information content (AvgIpc) is 2.87. The molecule has 0 saturated heterocycles. The van der Waals surface area contributed by atoms with Crippen LogP contribution in [0.5, 0.6) is 0 Å². The van der Waals surface area contributed by atoms with E-state index < -0.39 is 0 Å². The van der Waals surface area contributed by atoms with Crippen molar-refractivity contribution >= 4 is 0 Å². The second kappa shape index (κ2) is 4.99. The van der Waals surface area contributed by atoms with Crippen LogP contribution in [0, 0.1) is 0 Å². The third-order valence-corrected chi connectivity index (χ3v) is 3.63. The molecule has 0 radical (unpaired) electrons. The van der Waals surface area contributed by atoms with Crippen LogP contribution in [0.2, 0.25) is 0 Å². The number of hydrogen-bond acceptors (Lipinski definition) is 2. The third-order valence-electron chi connectivity index (χ3n) is 3.63. The molecule has 2 nitrogen and oxygen atoms in total. The van der Waals surface area contributed by atoms with Gasteiger partial charge in [0.1, 0.15) is 11.5 Å². The first kappa shape index (κ1) is 12.9. The van der Waals surface area contributed by atoms with Crippen LogP contribution >= 0.6 is 0 Å². The van der Waals surface area contributed by atoms with Crippen molar-refractivity contribution in [2.45, 2.75) is 38.6 Å². The predicted molar refractivity (Wildman–Crippen MR) is 74.5 cm³/mol. The molecule has 0 bridgehead atoms. The van der Waals surface area contributed by atoms with Gasteiger partial charge >= 0.3 is 0 Å². The molecule has 1 aromatic carbocycles. The zero-order valence-electron chi connectivity index (χ0n) is 11.3. The van der Waals surface area contributed by atoms with E-state index in [1.54, 1.807) is 0 Å². The molecule has 0 saturated carbocycles. The number of nitrogens with two attached hydrogens (primary N) is 1. The van der Waals surface area contributed by atoms with E-state index in [0.717, 1.165) is 17.9 Å². The van der Waals surface area contributed by atoms with Crippen molar-refractivity contribution in [1.82, 2.24) is 0 Å². The summed E-state index contributed by atoms with van der Waals surface area (Å²) < 4.78 is 5.78. The van der Waals surface area contributed by atoms with E-state index in [2.05, 4.69) is 32.9 Å². The van der Waals surface area contributed by atoms with Gasteiger partial charge in [0.2, 0.25) is 0 Å². The Bertz CT molecular complexity index is 499. The molecule has 1 atom stereocenters. The van der Waals surface area contributed by atoms with Gasteiger partial charge in [-0.1, -0.05) is 51.1 Å². The SMILES string of the molecule is CCc1ccc(C(N)C(C)(C)c2ccccc2)o1. The van der Waals surface area contributed by atoms with E-state index in [1.807, 2.05) is 30.3 Å². The summed E-state index contributed by atoms with van der Waals surface area (Å²) in [6.45, 7) is 6.39. The molecule has 0 spiro atoms. The fourth-order valence-electron chi connectivity index (χ4n) is 2.15. The normalized spacial score (nSPS) is 13.6. The molecule has 0 amide bonds. The van der Waals surface area contributed by atoms with Crippen molar-refractivity contribution in [3.8, 4) is 0 Å². The van der Waals surface area contributed by atoms with Gasteiger partial charge in [-0.2, -0.15) is 0 Å². The lowest BCUT2D eigenvalue weighted by Crippen LogP contribution is -2.32. The van der Waals surface area contributed by atoms with Crippen LogP contribution in [0.15, 0.2) is 46.9 Å². The first-order valence-electron chi connectivity index (χ1n) is 6.45. The number of rotatable bonds is 4. The number of aryl methyl sites for hydroxylation is 1. The maximum absolute atomic E-state index is 6.38. The summed E-state index contributed by atoms with van der Waals surface area (Å²) in [4.78, 5) is 0. The van der Waals surface area contributed by atoms with Crippen molar-refractivity contribution in [2.24, 2.45) is 5.73 Å². The maximum atomic E-state index is 6.38. The van der Waals surface area contributed by atoms with Crippen molar-refractivity contribution in [3.63, 3.8) is 0 Å². The van der Waals surface area contributed by atoms with Gasteiger partial charge in [0.05, 0.1) is 6.04 Å². The minimum absolute atomic E-state index is 0.139. The van der Waals surface area contributed by atoms with Crippen LogP contribution in [0.25, 0.3) is 0 Å². The van der Waals surface area contributed by atoms with E-state index in [1.165, 1.54) is 5.56 Å². The average molecular weight is 243 g/mol. The highest BCUT2D eigenvalue weighted by molar-refractivity contribution is 5.28. The zero-order valence-corrected chi connectivity index (χ0v) is 11.3. The lowest BCUT2D eigenvalue weighted by atomic mass is 9.77. The van der Waals surface area contributed by atoms with E-state index in [4.69, 9.17) is 10.2 Å². The fraction of sp³-hybridized carbons (Fsp3) is 0.375. The molecule has 1 aromatic heterocycles. The minimum atomic E-state index is -0.149. The molecule has 0 fully saturated rings. The van der Waals surface area contributed by atoms with Gasteiger partial charge in [-0.05, 0) is 17.7 Å². The molecule has 0 aliphatic carbocycles. The molecule has 0 aliphatic rings. The second-order valence-electron chi connectivity index (χ2n) is 5.22. The Morgan fingerprint density at radius 1 is 1.11 bits per heavy atom. The summed E-state index contributed by atoms with van der Waals surface area (Å²) in [5.41, 5.74) is 7.46. The van der Waals surface area contributed by atoms with Gasteiger partial charge in [-0.25, -0.2) is 0 Å². The van der Waals surface area contributed by atoms with Crippen molar-refractivity contribution < 1.29 is 4.42 Å². The highest BCUT2D eigenvalue weighted by atomic mass is 16.3. The second-order valence-corrected chi connectivity index (χ2v) is 5.22. The van der Waals surface area contributed by atoms with E-state index in [-0.39, 0.29) is 11.5 Å². The highest BCUT2D eigenvalue weighted by Crippen LogP contribution is 2.35. The zero-order chi connectivity index (χ0) is 13.2. The van der Waals surface area contributed by atoms with Gasteiger partial charge in [-0.3, -0.25) is 0 Å². The van der Waals surface area contributed by atoms with Crippen LogP contribution in [-0.4, -0.2) is 0 Å². The fourth-order valence-corrected chi connectivity index (χ4v) is 2.15. The quantitative estimate of drug-likeness (QED) is 0.886. The third kappa shape index (κ3) is 2.34. The first-order valence-corrected chi connectivity index (χ1v) is 6.45. The van der Waals surface area contributed by atoms with Crippen molar-refractivity contribution in [1.29, 1.82) is 0 Å². The summed E-state index contributed by atoms with van der Waals surface area (Å²) in [7, 11) is 0. The van der Waals surface area contributed by atoms with E-state index in [0.29, 0.717) is 0 Å². The molecular formula is C16H21NO. The maximum Gasteiger partial charge on any atom is 0.121 e.